The highest BCUT2D eigenvalue weighted by Crippen LogP contribution is 2.50. The van der Waals surface area contributed by atoms with Gasteiger partial charge in [-0.1, -0.05) is 6.07 Å². The number of carbonyl (C=O) groups is 2. The summed E-state index contributed by atoms with van der Waals surface area (Å²) in [6.45, 7) is 0.453. The lowest BCUT2D eigenvalue weighted by Gasteiger charge is -2.18. The fourth-order valence-electron chi connectivity index (χ4n) is 4.65. The number of alkyl halides is 6. The number of nitrogen functional groups attached to an aromatic ring is 1. The molecular weight excluding hydrogens is 525 g/mol. The van der Waals surface area contributed by atoms with E-state index in [1.54, 1.807) is 0 Å². The van der Waals surface area contributed by atoms with Crippen LogP contribution in [0.4, 0.5) is 36.6 Å². The maximum atomic E-state index is 15.7. The molecule has 2 amide bonds. The van der Waals surface area contributed by atoms with Gasteiger partial charge in [-0.15, -0.1) is 0 Å². The molecule has 0 bridgehead atoms. The number of carbonyl (C=O) groups excluding carboxylic acids is 2. The van der Waals surface area contributed by atoms with Crippen molar-refractivity contribution in [2.45, 2.75) is 37.7 Å². The summed E-state index contributed by atoms with van der Waals surface area (Å²) in [5.41, 5.74) is 2.55. The number of fused-ring (bicyclic) bond motifs is 1. The predicted molar refractivity (Wildman–Crippen MR) is 118 cm³/mol. The number of aryl methyl sites for hydroxylation is 1. The number of aromatic nitrogens is 3. The number of likely N-dealkylation sites (tertiary alicyclic amines) is 1. The number of rotatable bonds is 4. The van der Waals surface area contributed by atoms with E-state index in [1.165, 1.54) is 13.0 Å². The molecule has 0 spiro atoms. The summed E-state index contributed by atoms with van der Waals surface area (Å²) in [6.07, 6.45) is -6.42. The van der Waals surface area contributed by atoms with Crippen LogP contribution < -0.4 is 11.1 Å². The van der Waals surface area contributed by atoms with Crippen LogP contribution in [0.1, 0.15) is 27.9 Å². The molecule has 2 aromatic heterocycles. The Kier molecular flexibility index (Phi) is 5.80. The molecule has 3 heterocycles. The first kappa shape index (κ1) is 25.7. The molecule has 3 atom stereocenters. The van der Waals surface area contributed by atoms with Crippen molar-refractivity contribution in [3.8, 4) is 11.3 Å². The molecule has 202 valence electrons. The first-order valence-corrected chi connectivity index (χ1v) is 11.3. The molecule has 15 heteroatoms. The number of nitrogens with one attached hydrogen (secondary N) is 1. The molecule has 8 nitrogen and oxygen atoms in total. The van der Waals surface area contributed by atoms with Gasteiger partial charge in [0.2, 0.25) is 5.91 Å². The fourth-order valence-corrected chi connectivity index (χ4v) is 4.65. The number of hydrogen-bond acceptors (Lipinski definition) is 5. The fraction of sp³-hybridized carbons (Fsp3) is 0.391. The van der Waals surface area contributed by atoms with Gasteiger partial charge in [-0.25, -0.2) is 27.1 Å². The highest BCUT2D eigenvalue weighted by molar-refractivity contribution is 5.98. The lowest BCUT2D eigenvalue weighted by molar-refractivity contribution is -0.136. The molecule has 3 N–H and O–H groups in total. The summed E-state index contributed by atoms with van der Waals surface area (Å²) in [5.74, 6) is -8.40. The van der Waals surface area contributed by atoms with Crippen LogP contribution >= 0.6 is 0 Å². The Bertz CT molecular complexity index is 1470. The van der Waals surface area contributed by atoms with E-state index in [2.05, 4.69) is 15.4 Å². The van der Waals surface area contributed by atoms with Crippen LogP contribution in [0.25, 0.3) is 16.8 Å². The molecule has 1 aliphatic heterocycles. The summed E-state index contributed by atoms with van der Waals surface area (Å²) in [5, 5.41) is 6.03. The van der Waals surface area contributed by atoms with Crippen molar-refractivity contribution in [1.29, 1.82) is 0 Å². The quantitative estimate of drug-likeness (QED) is 0.490. The average Bonchev–Trinajstić information content (AvgIpc) is 3.12. The number of halogens is 7. The first-order chi connectivity index (χ1) is 17.7. The van der Waals surface area contributed by atoms with Gasteiger partial charge < -0.3 is 16.0 Å². The first-order valence-electron chi connectivity index (χ1n) is 11.3. The van der Waals surface area contributed by atoms with Gasteiger partial charge in [-0.3, -0.25) is 9.59 Å². The number of nitrogens with two attached hydrogens (primary N) is 1. The van der Waals surface area contributed by atoms with Gasteiger partial charge in [0, 0.05) is 18.5 Å². The molecule has 1 saturated heterocycles. The highest BCUT2D eigenvalue weighted by atomic mass is 19.4. The number of anilines is 1. The van der Waals surface area contributed by atoms with Crippen LogP contribution in [0.2, 0.25) is 0 Å². The van der Waals surface area contributed by atoms with Crippen molar-refractivity contribution < 1.29 is 40.3 Å². The summed E-state index contributed by atoms with van der Waals surface area (Å²) in [7, 11) is 0. The topological polar surface area (TPSA) is 106 Å². The summed E-state index contributed by atoms with van der Waals surface area (Å²) < 4.78 is 98.5. The van der Waals surface area contributed by atoms with Crippen LogP contribution in [0.3, 0.4) is 0 Å². The molecule has 0 radical (unpaired) electrons. The average molecular weight is 544 g/mol. The van der Waals surface area contributed by atoms with Crippen molar-refractivity contribution >= 4 is 23.1 Å². The zero-order valence-electron chi connectivity index (χ0n) is 19.5. The van der Waals surface area contributed by atoms with Crippen molar-refractivity contribution in [2.75, 3.05) is 18.8 Å². The third-order valence-electron chi connectivity index (χ3n) is 6.74. The Hall–Kier alpha value is -3.91. The minimum Gasteiger partial charge on any atom is -0.382 e. The third kappa shape index (κ3) is 4.19. The van der Waals surface area contributed by atoms with Crippen molar-refractivity contribution in [2.24, 2.45) is 5.92 Å². The summed E-state index contributed by atoms with van der Waals surface area (Å²) >= 11 is 0. The maximum absolute atomic E-state index is 15.7. The van der Waals surface area contributed by atoms with Crippen LogP contribution in [-0.4, -0.2) is 62.5 Å². The second-order valence-corrected chi connectivity index (χ2v) is 9.32. The van der Waals surface area contributed by atoms with Crippen molar-refractivity contribution in [1.82, 2.24) is 24.8 Å². The van der Waals surface area contributed by atoms with E-state index in [0.29, 0.717) is 6.07 Å². The number of benzene rings is 1. The van der Waals surface area contributed by atoms with Gasteiger partial charge in [-0.2, -0.15) is 18.3 Å². The monoisotopic (exact) mass is 544 g/mol. The van der Waals surface area contributed by atoms with E-state index in [4.69, 9.17) is 5.73 Å². The van der Waals surface area contributed by atoms with Crippen LogP contribution in [0.15, 0.2) is 24.5 Å². The molecule has 1 saturated carbocycles. The maximum Gasteiger partial charge on any atom is 0.418 e. The minimum absolute atomic E-state index is 0.0914. The van der Waals surface area contributed by atoms with E-state index in [-0.39, 0.29) is 11.3 Å². The van der Waals surface area contributed by atoms with Gasteiger partial charge in [0.1, 0.15) is 29.8 Å². The molecule has 1 aromatic carbocycles. The molecule has 1 aliphatic carbocycles. The van der Waals surface area contributed by atoms with Crippen LogP contribution in [-0.2, 0) is 11.0 Å². The lowest BCUT2D eigenvalue weighted by Crippen LogP contribution is -2.42. The zero-order chi connectivity index (χ0) is 27.7. The Morgan fingerprint density at radius 2 is 1.89 bits per heavy atom. The predicted octanol–water partition coefficient (Wildman–Crippen LogP) is 3.38. The molecule has 2 aliphatic rings. The molecule has 1 unspecified atom stereocenters. The Labute approximate surface area is 209 Å². The van der Waals surface area contributed by atoms with E-state index >= 15 is 4.39 Å². The molecule has 38 heavy (non-hydrogen) atoms. The lowest BCUT2D eigenvalue weighted by atomic mass is 10.0. The number of hydrogen-bond donors (Lipinski definition) is 2. The van der Waals surface area contributed by atoms with Gasteiger partial charge in [0.25, 0.3) is 11.8 Å². The highest BCUT2D eigenvalue weighted by Gasteiger charge is 2.63. The SMILES string of the molecule is Cc1ccc(-c2cc(C(F)(F)F)c3c(N)ncnn23)c(F)c1C(=O)N[C@@H]1CN(C(=O)C2CC2(F)F)C[C@@H]1F. The number of nitrogens with zero attached hydrogens (tertiary/aromatic N) is 4. The zero-order valence-corrected chi connectivity index (χ0v) is 19.5. The van der Waals surface area contributed by atoms with Crippen molar-refractivity contribution in [3.63, 3.8) is 0 Å². The Morgan fingerprint density at radius 3 is 2.53 bits per heavy atom. The van der Waals surface area contributed by atoms with Gasteiger partial charge in [0.15, 0.2) is 5.82 Å². The molecule has 3 aromatic rings. The second-order valence-electron chi connectivity index (χ2n) is 9.32. The molecular formula is C23H19F7N6O2. The minimum atomic E-state index is -4.88. The van der Waals surface area contributed by atoms with E-state index in [9.17, 15) is 35.9 Å². The largest absolute Gasteiger partial charge is 0.418 e. The van der Waals surface area contributed by atoms with Gasteiger partial charge >= 0.3 is 6.18 Å². The molecule has 2 fully saturated rings. The van der Waals surface area contributed by atoms with E-state index in [1.807, 2.05) is 0 Å². The Morgan fingerprint density at radius 1 is 1.21 bits per heavy atom. The van der Waals surface area contributed by atoms with Gasteiger partial charge in [0.05, 0.1) is 29.4 Å². The molecule has 5 rings (SSSR count). The van der Waals surface area contributed by atoms with E-state index < -0.39 is 95.4 Å². The summed E-state index contributed by atoms with van der Waals surface area (Å²) in [4.78, 5) is 29.6. The van der Waals surface area contributed by atoms with Crippen LogP contribution in [0, 0.1) is 18.7 Å². The van der Waals surface area contributed by atoms with Crippen LogP contribution in [0.5, 0.6) is 0 Å². The third-order valence-corrected chi connectivity index (χ3v) is 6.74. The smallest absolute Gasteiger partial charge is 0.382 e. The van der Waals surface area contributed by atoms with Gasteiger partial charge in [-0.05, 0) is 24.6 Å². The number of amides is 2. The second kappa shape index (κ2) is 8.56. The Balaban J connectivity index is 1.46. The standard InChI is InChI=1S/C23H19F7N6O2/c1-9-2-3-10(15-4-11(23(28,29)30)18-19(31)32-8-33-36(15)18)17(25)16(9)20(37)34-14-7-35(6-13(14)24)21(38)12-5-22(12,26)27/h2-4,8,12-14H,5-7H2,1H3,(H,34,37)(H2,31,32,33)/t12?,13-,14+/m0/s1. The van der Waals surface area contributed by atoms with Crippen molar-refractivity contribution in [3.05, 3.63) is 47.0 Å². The normalized spacial score (nSPS) is 22.6. The van der Waals surface area contributed by atoms with E-state index in [0.717, 1.165) is 21.8 Å². The summed E-state index contributed by atoms with van der Waals surface area (Å²) in [6, 6.07) is 1.77.